The summed E-state index contributed by atoms with van der Waals surface area (Å²) in [5.74, 6) is 1.29. The number of methoxy groups -OCH3 is 2. The number of nitrogens with zero attached hydrogens (tertiary/aromatic N) is 1. The summed E-state index contributed by atoms with van der Waals surface area (Å²) in [5.41, 5.74) is -0.435. The number of H-pyrrole nitrogens is 1. The maximum absolute atomic E-state index is 13.8. The molecule has 60 heavy (non-hydrogen) atoms. The summed E-state index contributed by atoms with van der Waals surface area (Å²) in [6.07, 6.45) is -2.05. The van der Waals surface area contributed by atoms with Crippen molar-refractivity contribution in [3.63, 3.8) is 0 Å². The molecular weight excluding hydrogens is 777 g/mol. The van der Waals surface area contributed by atoms with E-state index in [1.165, 1.54) is 16.8 Å². The molecular formula is C48H50N2O9Si. The van der Waals surface area contributed by atoms with Crippen LogP contribution < -0.4 is 31.1 Å². The van der Waals surface area contributed by atoms with Crippen molar-refractivity contribution in [2.45, 2.75) is 56.0 Å². The van der Waals surface area contributed by atoms with Gasteiger partial charge in [0.1, 0.15) is 48.3 Å². The SMILES string of the molecule is COc1ccc(C(O[C@@H]2[C@H](OCC=O)[C@@H](CO[Si](c3ccccc3)(c3ccccc3)C(C)(C)C)O[C@H]2n2ccc(=O)[nH]c2=O)(c2ccccc2)c2ccc(OC)cc2)cc1. The molecule has 0 aliphatic carbocycles. The summed E-state index contributed by atoms with van der Waals surface area (Å²) in [6.45, 7) is 6.26. The first kappa shape index (κ1) is 42.2. The Morgan fingerprint density at radius 1 is 0.683 bits per heavy atom. The second kappa shape index (κ2) is 18.2. The number of carbonyl (C=O) groups is 1. The van der Waals surface area contributed by atoms with Crippen molar-refractivity contribution in [2.75, 3.05) is 27.4 Å². The van der Waals surface area contributed by atoms with Gasteiger partial charge in [-0.3, -0.25) is 14.3 Å². The molecule has 1 N–H and O–H groups in total. The number of aromatic amines is 1. The average Bonchev–Trinajstić information content (AvgIpc) is 3.61. The fraction of sp³-hybridized carbons (Fsp3) is 0.271. The topological polar surface area (TPSA) is 127 Å². The van der Waals surface area contributed by atoms with Gasteiger partial charge in [0, 0.05) is 12.3 Å². The van der Waals surface area contributed by atoms with Crippen LogP contribution in [0.3, 0.4) is 0 Å². The third-order valence-electron chi connectivity index (χ3n) is 11.1. The minimum absolute atomic E-state index is 0.00861. The van der Waals surface area contributed by atoms with Crippen molar-refractivity contribution in [2.24, 2.45) is 0 Å². The lowest BCUT2D eigenvalue weighted by molar-refractivity contribution is -0.137. The quantitative estimate of drug-likeness (QED) is 0.0712. The van der Waals surface area contributed by atoms with Gasteiger partial charge >= 0.3 is 5.69 Å². The number of hydrogen-bond acceptors (Lipinski definition) is 9. The fourth-order valence-corrected chi connectivity index (χ4v) is 12.9. The van der Waals surface area contributed by atoms with Crippen molar-refractivity contribution in [3.05, 3.63) is 189 Å². The van der Waals surface area contributed by atoms with E-state index in [1.807, 2.05) is 115 Å². The molecule has 1 saturated heterocycles. The number of aldehydes is 1. The number of benzene rings is 5. The third-order valence-corrected chi connectivity index (χ3v) is 16.1. The highest BCUT2D eigenvalue weighted by Gasteiger charge is 2.55. The molecule has 1 aliphatic heterocycles. The van der Waals surface area contributed by atoms with Crippen molar-refractivity contribution < 1.29 is 32.9 Å². The van der Waals surface area contributed by atoms with Crippen LogP contribution in [0.2, 0.25) is 5.04 Å². The van der Waals surface area contributed by atoms with E-state index in [0.29, 0.717) is 17.8 Å². The Balaban J connectivity index is 1.43. The number of carbonyl (C=O) groups excluding carboxylic acids is 1. The zero-order valence-electron chi connectivity index (χ0n) is 34.4. The molecule has 0 bridgehead atoms. The molecule has 0 spiro atoms. The molecule has 6 aromatic rings. The Morgan fingerprint density at radius 2 is 1.18 bits per heavy atom. The number of aromatic nitrogens is 2. The van der Waals surface area contributed by atoms with E-state index < -0.39 is 49.7 Å². The predicted molar refractivity (Wildman–Crippen MR) is 232 cm³/mol. The number of ether oxygens (including phenoxy) is 5. The Bertz CT molecular complexity index is 2350. The van der Waals surface area contributed by atoms with Crippen LogP contribution in [0.25, 0.3) is 0 Å². The van der Waals surface area contributed by atoms with Gasteiger partial charge in [0.15, 0.2) is 6.23 Å². The second-order valence-corrected chi connectivity index (χ2v) is 19.9. The number of nitrogens with one attached hydrogen (secondary N) is 1. The van der Waals surface area contributed by atoms with Crippen LogP contribution in [-0.2, 0) is 29.0 Å². The van der Waals surface area contributed by atoms with Crippen LogP contribution in [0.5, 0.6) is 11.5 Å². The maximum Gasteiger partial charge on any atom is 0.330 e. The smallest absolute Gasteiger partial charge is 0.330 e. The second-order valence-electron chi connectivity index (χ2n) is 15.6. The first-order chi connectivity index (χ1) is 29.0. The molecule has 0 unspecified atom stereocenters. The van der Waals surface area contributed by atoms with Gasteiger partial charge in [-0.1, -0.05) is 136 Å². The highest BCUT2D eigenvalue weighted by Crippen LogP contribution is 2.47. The summed E-state index contributed by atoms with van der Waals surface area (Å²) in [4.78, 5) is 40.7. The van der Waals surface area contributed by atoms with Crippen LogP contribution in [0, 0.1) is 0 Å². The van der Waals surface area contributed by atoms with E-state index in [4.69, 9.17) is 28.1 Å². The maximum atomic E-state index is 13.8. The van der Waals surface area contributed by atoms with Gasteiger partial charge in [-0.15, -0.1) is 0 Å². The highest BCUT2D eigenvalue weighted by molar-refractivity contribution is 6.99. The first-order valence-electron chi connectivity index (χ1n) is 19.9. The van der Waals surface area contributed by atoms with Crippen LogP contribution in [0.1, 0.15) is 43.7 Å². The monoisotopic (exact) mass is 826 g/mol. The minimum atomic E-state index is -3.13. The molecule has 4 atom stereocenters. The van der Waals surface area contributed by atoms with Crippen molar-refractivity contribution >= 4 is 25.0 Å². The van der Waals surface area contributed by atoms with E-state index >= 15 is 0 Å². The van der Waals surface area contributed by atoms with E-state index in [1.54, 1.807) is 14.2 Å². The van der Waals surface area contributed by atoms with Crippen LogP contribution in [0.4, 0.5) is 0 Å². The Kier molecular flexibility index (Phi) is 12.8. The van der Waals surface area contributed by atoms with Gasteiger partial charge in [0.2, 0.25) is 0 Å². The Hall–Kier alpha value is -5.89. The largest absolute Gasteiger partial charge is 0.497 e. The number of rotatable bonds is 16. The molecule has 310 valence electrons. The summed E-state index contributed by atoms with van der Waals surface area (Å²) in [7, 11) is 0.0780. The lowest BCUT2D eigenvalue weighted by atomic mass is 9.79. The van der Waals surface area contributed by atoms with Crippen LogP contribution in [0.15, 0.2) is 161 Å². The van der Waals surface area contributed by atoms with Crippen LogP contribution in [-0.4, -0.2) is 69.9 Å². The molecule has 5 aromatic carbocycles. The van der Waals surface area contributed by atoms with Gasteiger partial charge < -0.3 is 32.9 Å². The third kappa shape index (κ3) is 8.16. The van der Waals surface area contributed by atoms with Crippen molar-refractivity contribution in [1.82, 2.24) is 9.55 Å². The van der Waals surface area contributed by atoms with Crippen LogP contribution >= 0.6 is 0 Å². The number of hydrogen-bond donors (Lipinski definition) is 1. The highest BCUT2D eigenvalue weighted by atomic mass is 28.4. The van der Waals surface area contributed by atoms with Gasteiger partial charge in [-0.2, -0.15) is 0 Å². The Morgan fingerprint density at radius 3 is 1.65 bits per heavy atom. The summed E-state index contributed by atoms with van der Waals surface area (Å²) < 4.78 is 40.8. The molecule has 1 aliphatic rings. The average molecular weight is 827 g/mol. The molecule has 1 fully saturated rings. The lowest BCUT2D eigenvalue weighted by Crippen LogP contribution is -2.67. The lowest BCUT2D eigenvalue weighted by Gasteiger charge is -2.43. The predicted octanol–water partition coefficient (Wildman–Crippen LogP) is 5.99. The zero-order valence-corrected chi connectivity index (χ0v) is 35.4. The van der Waals surface area contributed by atoms with Crippen molar-refractivity contribution in [3.8, 4) is 11.5 Å². The fourth-order valence-electron chi connectivity index (χ4n) is 8.37. The van der Waals surface area contributed by atoms with Gasteiger partial charge in [0.25, 0.3) is 13.9 Å². The molecule has 12 heteroatoms. The first-order valence-corrected chi connectivity index (χ1v) is 21.8. The van der Waals surface area contributed by atoms with Gasteiger partial charge in [0.05, 0.1) is 20.8 Å². The normalized spacial score (nSPS) is 18.2. The summed E-state index contributed by atoms with van der Waals surface area (Å²) in [6, 6.07) is 46.6. The molecule has 0 saturated carbocycles. The van der Waals surface area contributed by atoms with E-state index in [0.717, 1.165) is 27.1 Å². The minimum Gasteiger partial charge on any atom is -0.497 e. The zero-order chi connectivity index (χ0) is 42.3. The van der Waals surface area contributed by atoms with E-state index in [-0.39, 0.29) is 18.3 Å². The molecule has 0 radical (unpaired) electrons. The van der Waals surface area contributed by atoms with Crippen molar-refractivity contribution in [1.29, 1.82) is 0 Å². The molecule has 7 rings (SSSR count). The summed E-state index contributed by atoms with van der Waals surface area (Å²) in [5, 5.41) is 1.76. The van der Waals surface area contributed by atoms with E-state index in [2.05, 4.69) is 50.0 Å². The Labute approximate surface area is 350 Å². The molecule has 0 amide bonds. The van der Waals surface area contributed by atoms with Gasteiger partial charge in [-0.05, 0) is 56.4 Å². The summed E-state index contributed by atoms with van der Waals surface area (Å²) >= 11 is 0. The molecule has 1 aromatic heterocycles. The standard InChI is InChI=1S/C48H50N2O9Si/c1-47(2,3)60(39-17-11-7-12-18-39,40-19-13-8-14-20-40)57-33-41-43(56-32-31-51)44(45(58-41)50-30-29-42(52)49-46(50)53)59-48(34-15-9-6-10-16-34,35-21-25-37(54-4)26-22-35)36-23-27-38(55-5)28-24-36/h6-31,41,43-45H,32-33H2,1-5H3,(H,49,52,53)/t41-,43-,44-,45-/m1/s1. The molecule has 11 nitrogen and oxygen atoms in total. The molecule has 2 heterocycles. The van der Waals surface area contributed by atoms with Gasteiger partial charge in [-0.25, -0.2) is 4.79 Å². The van der Waals surface area contributed by atoms with E-state index in [9.17, 15) is 14.4 Å².